The maximum Gasteiger partial charge on any atom is 0.227 e. The number of para-hydroxylation sites is 1. The molecule has 1 aliphatic heterocycles. The number of carbonyl (C=O) groups is 2. The number of carbonyl (C=O) groups excluding carboxylic acids is 2. The summed E-state index contributed by atoms with van der Waals surface area (Å²) in [7, 11) is 0. The van der Waals surface area contributed by atoms with Crippen molar-refractivity contribution in [1.82, 2.24) is 4.98 Å². The van der Waals surface area contributed by atoms with Gasteiger partial charge in [0, 0.05) is 29.0 Å². The van der Waals surface area contributed by atoms with Gasteiger partial charge in [-0.1, -0.05) is 48.5 Å². The van der Waals surface area contributed by atoms with Crippen LogP contribution in [-0.4, -0.2) is 16.8 Å². The molecule has 27 heavy (non-hydrogen) atoms. The molecule has 1 unspecified atom stereocenters. The Hall–Kier alpha value is -2.99. The van der Waals surface area contributed by atoms with E-state index in [2.05, 4.69) is 15.6 Å². The van der Waals surface area contributed by atoms with Crippen molar-refractivity contribution in [3.63, 3.8) is 0 Å². The molecule has 1 atom stereocenters. The zero-order valence-electron chi connectivity index (χ0n) is 14.6. The lowest BCUT2D eigenvalue weighted by molar-refractivity contribution is -0.121. The van der Waals surface area contributed by atoms with Crippen LogP contribution in [0.3, 0.4) is 0 Å². The van der Waals surface area contributed by atoms with Crippen LogP contribution in [0.4, 0.5) is 10.8 Å². The van der Waals surface area contributed by atoms with E-state index < -0.39 is 0 Å². The average molecular weight is 377 g/mol. The molecule has 0 saturated carbocycles. The molecule has 0 fully saturated rings. The third-order valence-corrected chi connectivity index (χ3v) is 5.41. The first-order chi connectivity index (χ1) is 13.2. The van der Waals surface area contributed by atoms with Crippen molar-refractivity contribution in [2.24, 2.45) is 5.92 Å². The molecular weight excluding hydrogens is 358 g/mol. The summed E-state index contributed by atoms with van der Waals surface area (Å²) in [5, 5.41) is 8.27. The molecule has 1 aromatic heterocycles. The van der Waals surface area contributed by atoms with E-state index >= 15 is 0 Å². The number of nitrogens with zero attached hydrogens (tertiary/aromatic N) is 1. The van der Waals surface area contributed by atoms with Gasteiger partial charge in [-0.15, -0.1) is 11.3 Å². The van der Waals surface area contributed by atoms with Crippen LogP contribution in [0.25, 0.3) is 11.3 Å². The molecule has 0 bridgehead atoms. The standard InChI is InChI=1S/C21H19N3O2S/c25-19(24-21-23-18(13-27-21)14-6-2-1-3-7-14)11-10-16-12-15-8-4-5-9-17(15)22-20(16)26/h1-9,13,16H,10-12H2,(H,22,26)(H,23,24,25). The Kier molecular flexibility index (Phi) is 4.98. The van der Waals surface area contributed by atoms with Crippen molar-refractivity contribution < 1.29 is 9.59 Å². The highest BCUT2D eigenvalue weighted by molar-refractivity contribution is 7.14. The first-order valence-corrected chi connectivity index (χ1v) is 9.76. The Morgan fingerprint density at radius 2 is 1.93 bits per heavy atom. The Morgan fingerprint density at radius 1 is 1.15 bits per heavy atom. The largest absolute Gasteiger partial charge is 0.326 e. The molecule has 4 rings (SSSR count). The highest BCUT2D eigenvalue weighted by Gasteiger charge is 2.26. The van der Waals surface area contributed by atoms with Gasteiger partial charge in [0.05, 0.1) is 5.69 Å². The normalized spacial score (nSPS) is 15.7. The van der Waals surface area contributed by atoms with Crippen molar-refractivity contribution in [3.05, 3.63) is 65.5 Å². The molecule has 0 saturated heterocycles. The first-order valence-electron chi connectivity index (χ1n) is 8.88. The summed E-state index contributed by atoms with van der Waals surface area (Å²) in [4.78, 5) is 29.0. The summed E-state index contributed by atoms with van der Waals surface area (Å²) in [6.45, 7) is 0. The van der Waals surface area contributed by atoms with E-state index in [4.69, 9.17) is 0 Å². The molecule has 2 amide bonds. The quantitative estimate of drug-likeness (QED) is 0.695. The van der Waals surface area contributed by atoms with E-state index in [0.29, 0.717) is 24.4 Å². The number of hydrogen-bond acceptors (Lipinski definition) is 4. The number of fused-ring (bicyclic) bond motifs is 1. The minimum absolute atomic E-state index is 0.0119. The Labute approximate surface area is 161 Å². The molecule has 0 radical (unpaired) electrons. The van der Waals surface area contributed by atoms with Gasteiger partial charge in [0.2, 0.25) is 11.8 Å². The van der Waals surface area contributed by atoms with E-state index in [1.807, 2.05) is 60.0 Å². The number of nitrogens with one attached hydrogen (secondary N) is 2. The minimum atomic E-state index is -0.179. The third kappa shape index (κ3) is 4.06. The minimum Gasteiger partial charge on any atom is -0.326 e. The lowest BCUT2D eigenvalue weighted by atomic mass is 9.89. The van der Waals surface area contributed by atoms with Crippen LogP contribution >= 0.6 is 11.3 Å². The molecule has 2 N–H and O–H groups in total. The second kappa shape index (κ2) is 7.72. The fraction of sp³-hybridized carbons (Fsp3) is 0.190. The van der Waals surface area contributed by atoms with Crippen LogP contribution in [0.15, 0.2) is 60.0 Å². The van der Waals surface area contributed by atoms with Crippen LogP contribution < -0.4 is 10.6 Å². The van der Waals surface area contributed by atoms with E-state index in [1.54, 1.807) is 0 Å². The number of anilines is 2. The van der Waals surface area contributed by atoms with Crippen LogP contribution in [0, 0.1) is 5.92 Å². The SMILES string of the molecule is O=C(CCC1Cc2ccccc2NC1=O)Nc1nc(-c2ccccc2)cs1. The van der Waals surface area contributed by atoms with Gasteiger partial charge in [0.1, 0.15) is 0 Å². The van der Waals surface area contributed by atoms with E-state index in [-0.39, 0.29) is 17.7 Å². The van der Waals surface area contributed by atoms with Gasteiger partial charge in [0.25, 0.3) is 0 Å². The van der Waals surface area contributed by atoms with E-state index in [1.165, 1.54) is 11.3 Å². The smallest absolute Gasteiger partial charge is 0.227 e. The van der Waals surface area contributed by atoms with Crippen molar-refractivity contribution in [3.8, 4) is 11.3 Å². The lowest BCUT2D eigenvalue weighted by Crippen LogP contribution is -2.30. The molecule has 5 nitrogen and oxygen atoms in total. The van der Waals surface area contributed by atoms with Crippen LogP contribution in [0.2, 0.25) is 0 Å². The summed E-state index contributed by atoms with van der Waals surface area (Å²) in [5.74, 6) is -0.306. The average Bonchev–Trinajstić information content (AvgIpc) is 3.15. The summed E-state index contributed by atoms with van der Waals surface area (Å²) in [6.07, 6.45) is 1.48. The predicted octanol–water partition coefficient (Wildman–Crippen LogP) is 4.34. The molecule has 2 heterocycles. The zero-order chi connectivity index (χ0) is 18.6. The molecule has 1 aliphatic rings. The van der Waals surface area contributed by atoms with Crippen molar-refractivity contribution in [2.75, 3.05) is 10.6 Å². The van der Waals surface area contributed by atoms with Crippen molar-refractivity contribution >= 4 is 34.0 Å². The van der Waals surface area contributed by atoms with Crippen LogP contribution in [-0.2, 0) is 16.0 Å². The maximum atomic E-state index is 12.3. The van der Waals surface area contributed by atoms with Crippen molar-refractivity contribution in [1.29, 1.82) is 0 Å². The number of aromatic nitrogens is 1. The highest BCUT2D eigenvalue weighted by atomic mass is 32.1. The fourth-order valence-electron chi connectivity index (χ4n) is 3.21. The Balaban J connectivity index is 1.33. The Bertz CT molecular complexity index is 968. The monoisotopic (exact) mass is 377 g/mol. The summed E-state index contributed by atoms with van der Waals surface area (Å²) in [6, 6.07) is 17.6. The number of benzene rings is 2. The van der Waals surface area contributed by atoms with Crippen LogP contribution in [0.5, 0.6) is 0 Å². The zero-order valence-corrected chi connectivity index (χ0v) is 15.5. The number of amides is 2. The van der Waals surface area contributed by atoms with Gasteiger partial charge in [-0.25, -0.2) is 4.98 Å². The first kappa shape index (κ1) is 17.4. The molecule has 3 aromatic rings. The number of thiazole rings is 1. The maximum absolute atomic E-state index is 12.3. The third-order valence-electron chi connectivity index (χ3n) is 4.65. The number of hydrogen-bond donors (Lipinski definition) is 2. The van der Waals surface area contributed by atoms with Gasteiger partial charge in [-0.05, 0) is 24.5 Å². The van der Waals surface area contributed by atoms with E-state index in [0.717, 1.165) is 22.5 Å². The van der Waals surface area contributed by atoms with Crippen molar-refractivity contribution in [2.45, 2.75) is 19.3 Å². The second-order valence-electron chi connectivity index (χ2n) is 6.54. The summed E-state index contributed by atoms with van der Waals surface area (Å²) >= 11 is 1.40. The molecule has 2 aromatic carbocycles. The Morgan fingerprint density at radius 3 is 2.78 bits per heavy atom. The predicted molar refractivity (Wildman–Crippen MR) is 108 cm³/mol. The molecule has 0 aliphatic carbocycles. The van der Waals surface area contributed by atoms with Gasteiger partial charge < -0.3 is 10.6 Å². The highest BCUT2D eigenvalue weighted by Crippen LogP contribution is 2.28. The topological polar surface area (TPSA) is 71.1 Å². The fourth-order valence-corrected chi connectivity index (χ4v) is 3.94. The second-order valence-corrected chi connectivity index (χ2v) is 7.40. The molecule has 0 spiro atoms. The summed E-state index contributed by atoms with van der Waals surface area (Å²) in [5.41, 5.74) is 3.86. The van der Waals surface area contributed by atoms with Gasteiger partial charge in [-0.3, -0.25) is 9.59 Å². The summed E-state index contributed by atoms with van der Waals surface area (Å²) < 4.78 is 0. The van der Waals surface area contributed by atoms with Gasteiger partial charge >= 0.3 is 0 Å². The van der Waals surface area contributed by atoms with Gasteiger partial charge in [0.15, 0.2) is 5.13 Å². The van der Waals surface area contributed by atoms with Gasteiger partial charge in [-0.2, -0.15) is 0 Å². The number of rotatable bonds is 5. The van der Waals surface area contributed by atoms with Crippen LogP contribution in [0.1, 0.15) is 18.4 Å². The molecule has 6 heteroatoms. The molecule has 136 valence electrons. The lowest BCUT2D eigenvalue weighted by Gasteiger charge is -2.24. The molecular formula is C21H19N3O2S. The van der Waals surface area contributed by atoms with E-state index in [9.17, 15) is 9.59 Å².